The van der Waals surface area contributed by atoms with E-state index in [4.69, 9.17) is 0 Å². The van der Waals surface area contributed by atoms with Gasteiger partial charge in [-0.25, -0.2) is 14.8 Å². The molecule has 0 bridgehead atoms. The van der Waals surface area contributed by atoms with Crippen LogP contribution in [0.1, 0.15) is 22.3 Å². The topological polar surface area (TPSA) is 133 Å². The average Bonchev–Trinajstić information content (AvgIpc) is 3.10. The minimum atomic E-state index is -0.918. The maximum Gasteiger partial charge on any atom is 0.334 e. The van der Waals surface area contributed by atoms with Gasteiger partial charge < -0.3 is 20.2 Å². The Labute approximate surface area is 278 Å². The summed E-state index contributed by atoms with van der Waals surface area (Å²) in [4.78, 5) is 50.1. The number of aromatic hydroxyl groups is 1. The van der Waals surface area contributed by atoms with Crippen molar-refractivity contribution < 1.29 is 19.5 Å². The fourth-order valence-corrected chi connectivity index (χ4v) is 6.32. The summed E-state index contributed by atoms with van der Waals surface area (Å²) in [5.41, 5.74) is 4.28. The number of pyridine rings is 1. The van der Waals surface area contributed by atoms with Crippen LogP contribution in [0.2, 0.25) is 0 Å². The zero-order valence-corrected chi connectivity index (χ0v) is 26.3. The molecule has 3 heterocycles. The Hall–Kier alpha value is -5.99. The Balaban J connectivity index is 1.37. The molecule has 3 aromatic carbocycles. The molecule has 11 nitrogen and oxygen atoms in total. The summed E-state index contributed by atoms with van der Waals surface area (Å²) in [6.45, 7) is 4.47. The number of nitrogens with zero attached hydrogens (tertiary/aromatic N) is 6. The number of hydrogen-bond acceptors (Lipinski definition) is 7. The van der Waals surface area contributed by atoms with Crippen molar-refractivity contribution in [2.45, 2.75) is 31.7 Å². The summed E-state index contributed by atoms with van der Waals surface area (Å²) in [7, 11) is 0. The Bertz CT molecular complexity index is 1860. The quantitative estimate of drug-likeness (QED) is 0.264. The number of phenolic OH excluding ortho intramolecular Hbond substituents is 1. The van der Waals surface area contributed by atoms with Gasteiger partial charge in [0.15, 0.2) is 0 Å². The number of fused-ring (bicyclic) bond motifs is 1. The summed E-state index contributed by atoms with van der Waals surface area (Å²) in [6, 6.07) is 27.7. The smallest absolute Gasteiger partial charge is 0.334 e. The van der Waals surface area contributed by atoms with E-state index in [1.54, 1.807) is 70.7 Å². The molecule has 2 aliphatic rings. The van der Waals surface area contributed by atoms with Crippen molar-refractivity contribution in [3.63, 3.8) is 0 Å². The van der Waals surface area contributed by atoms with Crippen molar-refractivity contribution in [1.29, 1.82) is 5.26 Å². The van der Waals surface area contributed by atoms with Gasteiger partial charge in [-0.1, -0.05) is 66.7 Å². The SMILES string of the molecule is C=CCN1CC(=O)N2[C@@H](Cc3ccc(O)cc3)C(=O)N(Cc3cccnc3-c3cccc(C#N)c3)C[C@@H]2N1C(=O)NCc1ccccc1. The fraction of sp³-hybridized carbons (Fsp3) is 0.216. The Morgan fingerprint density at radius 1 is 1.02 bits per heavy atom. The van der Waals surface area contributed by atoms with Gasteiger partial charge in [-0.3, -0.25) is 14.6 Å². The third-order valence-electron chi connectivity index (χ3n) is 8.55. The molecule has 48 heavy (non-hydrogen) atoms. The maximum absolute atomic E-state index is 14.4. The van der Waals surface area contributed by atoms with Crippen LogP contribution in [0.3, 0.4) is 0 Å². The zero-order valence-electron chi connectivity index (χ0n) is 26.3. The van der Waals surface area contributed by atoms with Crippen LogP contribution >= 0.6 is 0 Å². The number of hydrazine groups is 1. The number of nitriles is 1. The van der Waals surface area contributed by atoms with E-state index in [-0.39, 0.29) is 56.7 Å². The van der Waals surface area contributed by atoms with Crippen LogP contribution in [0.25, 0.3) is 11.3 Å². The molecule has 2 aliphatic heterocycles. The third kappa shape index (κ3) is 6.74. The van der Waals surface area contributed by atoms with Crippen molar-refractivity contribution in [3.8, 4) is 23.1 Å². The Morgan fingerprint density at radius 3 is 2.56 bits per heavy atom. The van der Waals surface area contributed by atoms with Crippen LogP contribution in [0.5, 0.6) is 5.75 Å². The molecule has 4 aromatic rings. The number of nitrogens with one attached hydrogen (secondary N) is 1. The number of amides is 4. The van der Waals surface area contributed by atoms with Crippen LogP contribution in [0.4, 0.5) is 4.79 Å². The molecule has 2 fully saturated rings. The number of aromatic nitrogens is 1. The molecule has 0 unspecified atom stereocenters. The van der Waals surface area contributed by atoms with Gasteiger partial charge in [-0.05, 0) is 47.0 Å². The first-order valence-corrected chi connectivity index (χ1v) is 15.6. The first kappa shape index (κ1) is 32.0. The second kappa shape index (κ2) is 14.2. The highest BCUT2D eigenvalue weighted by atomic mass is 16.3. The van der Waals surface area contributed by atoms with Crippen molar-refractivity contribution in [2.24, 2.45) is 0 Å². The molecule has 4 amide bonds. The Kier molecular flexibility index (Phi) is 9.45. The van der Waals surface area contributed by atoms with E-state index in [1.807, 2.05) is 42.5 Å². The predicted octanol–water partition coefficient (Wildman–Crippen LogP) is 4.06. The highest BCUT2D eigenvalue weighted by Gasteiger charge is 2.51. The summed E-state index contributed by atoms with van der Waals surface area (Å²) < 4.78 is 0. The van der Waals surface area contributed by atoms with Gasteiger partial charge >= 0.3 is 6.03 Å². The summed E-state index contributed by atoms with van der Waals surface area (Å²) >= 11 is 0. The second-order valence-electron chi connectivity index (χ2n) is 11.7. The molecular formula is C37H35N7O4. The van der Waals surface area contributed by atoms with Gasteiger partial charge in [0.05, 0.1) is 30.4 Å². The van der Waals surface area contributed by atoms with E-state index in [0.717, 1.165) is 22.3 Å². The average molecular weight is 642 g/mol. The minimum absolute atomic E-state index is 0.0512. The van der Waals surface area contributed by atoms with Gasteiger partial charge in [-0.2, -0.15) is 5.26 Å². The van der Waals surface area contributed by atoms with E-state index < -0.39 is 18.2 Å². The summed E-state index contributed by atoms with van der Waals surface area (Å²) in [5, 5.41) is 25.6. The van der Waals surface area contributed by atoms with Crippen molar-refractivity contribution in [1.82, 2.24) is 30.1 Å². The number of phenols is 1. The molecule has 1 aromatic heterocycles. The van der Waals surface area contributed by atoms with Gasteiger partial charge in [0.1, 0.15) is 18.0 Å². The molecule has 2 N–H and O–H groups in total. The molecule has 11 heteroatoms. The second-order valence-corrected chi connectivity index (χ2v) is 11.7. The number of hydrogen-bond donors (Lipinski definition) is 2. The lowest BCUT2D eigenvalue weighted by atomic mass is 9.97. The number of benzene rings is 3. The monoisotopic (exact) mass is 641 g/mol. The molecular weight excluding hydrogens is 606 g/mol. The lowest BCUT2D eigenvalue weighted by molar-refractivity contribution is -0.189. The zero-order chi connectivity index (χ0) is 33.6. The van der Waals surface area contributed by atoms with Crippen LogP contribution in [-0.2, 0) is 29.1 Å². The van der Waals surface area contributed by atoms with Crippen LogP contribution < -0.4 is 5.32 Å². The van der Waals surface area contributed by atoms with Gasteiger partial charge in [0.2, 0.25) is 11.8 Å². The van der Waals surface area contributed by atoms with Crippen LogP contribution in [0.15, 0.2) is 110 Å². The Morgan fingerprint density at radius 2 is 1.81 bits per heavy atom. The first-order valence-electron chi connectivity index (χ1n) is 15.6. The normalized spacial score (nSPS) is 17.9. The van der Waals surface area contributed by atoms with Crippen LogP contribution in [-0.4, -0.2) is 79.6 Å². The molecule has 0 spiro atoms. The molecule has 242 valence electrons. The molecule has 6 rings (SSSR count). The number of piperazine rings is 1. The van der Waals surface area contributed by atoms with Gasteiger partial charge in [0.25, 0.3) is 0 Å². The minimum Gasteiger partial charge on any atom is -0.508 e. The fourth-order valence-electron chi connectivity index (χ4n) is 6.32. The van der Waals surface area contributed by atoms with E-state index >= 15 is 0 Å². The van der Waals surface area contributed by atoms with E-state index in [2.05, 4.69) is 22.9 Å². The standard InChI is InChI=1S/C37H35N7O4/c1-2-18-42-25-34(46)43-32(20-26-13-15-31(45)16-14-26)36(47)41(24-33(43)44(42)37(48)40-22-27-8-4-3-5-9-27)23-30-12-7-17-39-35(30)29-11-6-10-28(19-29)21-38/h2-17,19,32-33,45H,1,18,20,22-25H2,(H,40,48)/t32-,33-/m0/s1. The van der Waals surface area contributed by atoms with E-state index in [1.165, 1.54) is 9.91 Å². The summed E-state index contributed by atoms with van der Waals surface area (Å²) in [6.07, 6.45) is 2.67. The molecule has 0 aliphatic carbocycles. The number of carbonyl (C=O) groups is 3. The summed E-state index contributed by atoms with van der Waals surface area (Å²) in [5.74, 6) is -0.454. The lowest BCUT2D eigenvalue weighted by Crippen LogP contribution is -2.76. The highest BCUT2D eigenvalue weighted by Crippen LogP contribution is 2.31. The van der Waals surface area contributed by atoms with Gasteiger partial charge in [-0.15, -0.1) is 6.58 Å². The van der Waals surface area contributed by atoms with E-state index in [9.17, 15) is 24.8 Å². The van der Waals surface area contributed by atoms with Crippen molar-refractivity contribution >= 4 is 17.8 Å². The first-order chi connectivity index (χ1) is 23.4. The molecule has 0 saturated carbocycles. The maximum atomic E-state index is 14.4. The third-order valence-corrected chi connectivity index (χ3v) is 8.55. The molecule has 2 saturated heterocycles. The number of carbonyl (C=O) groups excluding carboxylic acids is 3. The van der Waals surface area contributed by atoms with E-state index in [0.29, 0.717) is 11.3 Å². The number of rotatable bonds is 9. The highest BCUT2D eigenvalue weighted by molar-refractivity contribution is 5.92. The predicted molar refractivity (Wildman–Crippen MR) is 178 cm³/mol. The van der Waals surface area contributed by atoms with Crippen molar-refractivity contribution in [3.05, 3.63) is 132 Å². The van der Waals surface area contributed by atoms with Crippen LogP contribution in [0, 0.1) is 11.3 Å². The van der Waals surface area contributed by atoms with Crippen molar-refractivity contribution in [2.75, 3.05) is 19.6 Å². The molecule has 0 radical (unpaired) electrons. The van der Waals surface area contributed by atoms with Gasteiger partial charge in [0, 0.05) is 37.8 Å². The lowest BCUT2D eigenvalue weighted by Gasteiger charge is -2.55. The largest absolute Gasteiger partial charge is 0.508 e. The number of urea groups is 1. The molecule has 2 atom stereocenters.